The molecule has 3 heterocycles. The first-order valence-electron chi connectivity index (χ1n) is 22.4. The van der Waals surface area contributed by atoms with Gasteiger partial charge in [0.15, 0.2) is 25.0 Å². The number of benzene rings is 1. The number of hydrogen-bond acceptors (Lipinski definition) is 6. The van der Waals surface area contributed by atoms with Gasteiger partial charge in [-0.1, -0.05) is 124 Å². The van der Waals surface area contributed by atoms with Crippen LogP contribution in [-0.2, 0) is 33.9 Å². The molecule has 1 aliphatic carbocycles. The van der Waals surface area contributed by atoms with Crippen LogP contribution < -0.4 is 0 Å². The van der Waals surface area contributed by atoms with Crippen LogP contribution in [0, 0.1) is 17.3 Å². The van der Waals surface area contributed by atoms with Gasteiger partial charge in [-0.2, -0.15) is 0 Å². The van der Waals surface area contributed by atoms with Crippen molar-refractivity contribution in [1.29, 1.82) is 0 Å². The summed E-state index contributed by atoms with van der Waals surface area (Å²) in [6.07, 6.45) is 16.9. The molecule has 0 unspecified atom stereocenters. The van der Waals surface area contributed by atoms with Crippen LogP contribution in [0.4, 0.5) is 0 Å². The predicted octanol–water partition coefficient (Wildman–Crippen LogP) is 12.8. The van der Waals surface area contributed by atoms with Crippen molar-refractivity contribution in [3.63, 3.8) is 0 Å². The number of allylic oxidation sites excluding steroid dienone is 2. The van der Waals surface area contributed by atoms with Crippen molar-refractivity contribution in [2.45, 2.75) is 193 Å². The van der Waals surface area contributed by atoms with Crippen molar-refractivity contribution in [3.05, 3.63) is 60.2 Å². The molecule has 0 spiro atoms. The molecule has 1 saturated carbocycles. The third-order valence-electron chi connectivity index (χ3n) is 14.2. The molecule has 0 aromatic heterocycles. The lowest BCUT2D eigenvalue weighted by atomic mass is 9.89. The summed E-state index contributed by atoms with van der Waals surface area (Å²) in [6, 6.07) is 17.9. The molecule has 4 fully saturated rings. The highest BCUT2D eigenvalue weighted by Gasteiger charge is 2.50. The maximum atomic E-state index is 7.52. The predicted molar refractivity (Wildman–Crippen MR) is 238 cm³/mol. The second kappa shape index (κ2) is 20.4. The molecule has 0 N–H and O–H groups in total. The van der Waals surface area contributed by atoms with Crippen LogP contribution in [0.15, 0.2) is 54.6 Å². The number of hydrogen-bond donors (Lipinski definition) is 0. The molecule has 314 valence electrons. The molecule has 3 saturated heterocycles. The zero-order chi connectivity index (χ0) is 40.4. The summed E-state index contributed by atoms with van der Waals surface area (Å²) in [5.74, 6) is -0.210. The van der Waals surface area contributed by atoms with E-state index in [1.807, 2.05) is 0 Å². The van der Waals surface area contributed by atoms with Crippen molar-refractivity contribution in [2.24, 2.45) is 17.3 Å². The maximum Gasteiger partial charge on any atom is 0.282 e. The van der Waals surface area contributed by atoms with Gasteiger partial charge in [-0.3, -0.25) is 0 Å². The van der Waals surface area contributed by atoms with E-state index in [-0.39, 0.29) is 34.7 Å². The van der Waals surface area contributed by atoms with Crippen LogP contribution in [0.2, 0.25) is 54.4 Å². The standard InChI is InChI=1S/C46H82O6Si3/c1-13-54(14-2,15-3)51-42-34-43(52-55(16-4,17-5)18-6)41(40(42)28-24-19-20-25-33-46-47-35-45(10,36-48-46)37-49-46)32-31-39(50-53(11,12)44(7,8)9)30-29-38-26-22-21-23-27-38/h19,21-24,26-27,31-32,39-43H,13-18,20,25,28-30,33-37H2,1-12H3/b24-19-,32-31+/t39-,40+,41+,42-,43+,45?,46?/m0/s1. The molecular formula is C46H82O6Si3. The number of ether oxygens (including phenoxy) is 3. The van der Waals surface area contributed by atoms with Crippen LogP contribution >= 0.6 is 0 Å². The molecule has 3 aliphatic heterocycles. The summed E-state index contributed by atoms with van der Waals surface area (Å²) in [5, 5.41) is 0.138. The lowest BCUT2D eigenvalue weighted by Gasteiger charge is -2.50. The van der Waals surface area contributed by atoms with Gasteiger partial charge in [0.25, 0.3) is 5.97 Å². The highest BCUT2D eigenvalue weighted by Crippen LogP contribution is 2.45. The Morgan fingerprint density at radius 1 is 0.800 bits per heavy atom. The Bertz CT molecular complexity index is 1290. The molecule has 5 atom stereocenters. The second-order valence-corrected chi connectivity index (χ2v) is 33.3. The van der Waals surface area contributed by atoms with E-state index in [9.17, 15) is 0 Å². The van der Waals surface area contributed by atoms with Gasteiger partial charge in [-0.15, -0.1) is 0 Å². The van der Waals surface area contributed by atoms with Gasteiger partial charge < -0.3 is 27.5 Å². The minimum Gasteiger partial charge on any atom is -0.414 e. The topological polar surface area (TPSA) is 55.4 Å². The van der Waals surface area contributed by atoms with E-state index < -0.39 is 30.9 Å². The van der Waals surface area contributed by atoms with Crippen LogP contribution in [0.5, 0.6) is 0 Å². The fourth-order valence-corrected chi connectivity index (χ4v) is 15.8. The SMILES string of the molecule is CC[Si](CC)(CC)O[C@H]1C[C@@H](O[Si](CC)(CC)CC)[C@H](/C=C/[C@H](CCc2ccccc2)O[Si](C)(C)C(C)(C)C)[C@H]1C/C=C\CCCC12OCC(C)(CO1)CO2. The summed E-state index contributed by atoms with van der Waals surface area (Å²) < 4.78 is 40.5. The normalized spacial score (nSPS) is 28.5. The van der Waals surface area contributed by atoms with Gasteiger partial charge in [-0.25, -0.2) is 0 Å². The molecule has 0 amide bonds. The third kappa shape index (κ3) is 12.3. The van der Waals surface area contributed by atoms with Crippen molar-refractivity contribution >= 4 is 25.0 Å². The fourth-order valence-electron chi connectivity index (χ4n) is 8.65. The second-order valence-electron chi connectivity index (χ2n) is 19.1. The summed E-state index contributed by atoms with van der Waals surface area (Å²) in [7, 11) is -5.76. The van der Waals surface area contributed by atoms with E-state index in [0.29, 0.717) is 25.7 Å². The number of fused-ring (bicyclic) bond motifs is 3. The Morgan fingerprint density at radius 2 is 1.35 bits per heavy atom. The Hall–Kier alpha value is -0.889. The summed E-state index contributed by atoms with van der Waals surface area (Å²) in [5.41, 5.74) is 1.37. The van der Waals surface area contributed by atoms with Crippen LogP contribution in [-0.4, -0.2) is 69.1 Å². The molecule has 5 rings (SSSR count). The molecule has 6 nitrogen and oxygen atoms in total. The van der Waals surface area contributed by atoms with Gasteiger partial charge in [0.2, 0.25) is 0 Å². The summed E-state index contributed by atoms with van der Waals surface area (Å²) in [6.45, 7) is 30.4. The smallest absolute Gasteiger partial charge is 0.282 e. The van der Waals surface area contributed by atoms with E-state index in [1.54, 1.807) is 0 Å². The summed E-state index contributed by atoms with van der Waals surface area (Å²) in [4.78, 5) is 0. The highest BCUT2D eigenvalue weighted by atomic mass is 28.4. The van der Waals surface area contributed by atoms with Gasteiger partial charge in [0, 0.05) is 17.8 Å². The van der Waals surface area contributed by atoms with Crippen LogP contribution in [0.1, 0.15) is 113 Å². The lowest BCUT2D eigenvalue weighted by molar-refractivity contribution is -0.467. The largest absolute Gasteiger partial charge is 0.414 e. The van der Waals surface area contributed by atoms with Crippen LogP contribution in [0.25, 0.3) is 0 Å². The van der Waals surface area contributed by atoms with E-state index in [0.717, 1.165) is 81.2 Å². The molecule has 1 aromatic rings. The van der Waals surface area contributed by atoms with Gasteiger partial charge in [0.05, 0.1) is 38.1 Å². The molecule has 55 heavy (non-hydrogen) atoms. The van der Waals surface area contributed by atoms with Gasteiger partial charge in [-0.05, 0) is 104 Å². The van der Waals surface area contributed by atoms with E-state index in [1.165, 1.54) is 5.56 Å². The minimum absolute atomic E-state index is 0.00577. The quantitative estimate of drug-likeness (QED) is 0.0623. The number of aryl methyl sites for hydroxylation is 1. The summed E-state index contributed by atoms with van der Waals surface area (Å²) >= 11 is 0. The van der Waals surface area contributed by atoms with Crippen molar-refractivity contribution in [3.8, 4) is 0 Å². The third-order valence-corrected chi connectivity index (χ3v) is 28.1. The first-order chi connectivity index (χ1) is 26.0. The monoisotopic (exact) mass is 815 g/mol. The van der Waals surface area contributed by atoms with E-state index in [2.05, 4.69) is 137 Å². The minimum atomic E-state index is -2.02. The first-order valence-corrected chi connectivity index (χ1v) is 30.3. The van der Waals surface area contributed by atoms with Crippen molar-refractivity contribution in [2.75, 3.05) is 19.8 Å². The van der Waals surface area contributed by atoms with E-state index in [4.69, 9.17) is 27.5 Å². The highest BCUT2D eigenvalue weighted by molar-refractivity contribution is 6.74. The molecule has 4 aliphatic rings. The first kappa shape index (κ1) is 46.8. The van der Waals surface area contributed by atoms with Gasteiger partial charge >= 0.3 is 0 Å². The molecule has 1 aromatic carbocycles. The fraction of sp³-hybridized carbons (Fsp3) is 0.783. The average molecular weight is 815 g/mol. The van der Waals surface area contributed by atoms with E-state index >= 15 is 0 Å². The maximum absolute atomic E-state index is 7.52. The Balaban J connectivity index is 1.63. The number of unbranched alkanes of at least 4 members (excludes halogenated alkanes) is 1. The number of rotatable bonds is 23. The van der Waals surface area contributed by atoms with Gasteiger partial charge in [0.1, 0.15) is 0 Å². The Morgan fingerprint density at radius 3 is 1.87 bits per heavy atom. The van der Waals surface area contributed by atoms with Crippen molar-refractivity contribution in [1.82, 2.24) is 0 Å². The zero-order valence-corrected chi connectivity index (χ0v) is 40.3. The van der Waals surface area contributed by atoms with Crippen molar-refractivity contribution < 1.29 is 27.5 Å². The Kier molecular flexibility index (Phi) is 17.3. The Labute approximate surface area is 341 Å². The van der Waals surface area contributed by atoms with Crippen LogP contribution in [0.3, 0.4) is 0 Å². The lowest BCUT2D eigenvalue weighted by Crippen LogP contribution is -2.58. The zero-order valence-electron chi connectivity index (χ0n) is 37.3. The average Bonchev–Trinajstić information content (AvgIpc) is 3.49. The molecular weight excluding hydrogens is 733 g/mol. The molecule has 9 heteroatoms. The molecule has 0 radical (unpaired) electrons. The molecule has 2 bridgehead atoms.